The van der Waals surface area contributed by atoms with E-state index in [1.165, 1.54) is 0 Å². The molecule has 1 amide bonds. The van der Waals surface area contributed by atoms with Gasteiger partial charge in [0, 0.05) is 5.56 Å². The third-order valence-electron chi connectivity index (χ3n) is 6.03. The predicted molar refractivity (Wildman–Crippen MR) is 125 cm³/mol. The van der Waals surface area contributed by atoms with Crippen molar-refractivity contribution in [2.24, 2.45) is 0 Å². The van der Waals surface area contributed by atoms with Gasteiger partial charge in [0.2, 0.25) is 0 Å². The summed E-state index contributed by atoms with van der Waals surface area (Å²) in [6.07, 6.45) is -0.761. The molecule has 1 heterocycles. The number of aryl methyl sites for hydroxylation is 1. The fourth-order valence-electron chi connectivity index (χ4n) is 4.35. The number of nitrogens with zero attached hydrogens (tertiary/aromatic N) is 1. The molecule has 6 heteroatoms. The topological polar surface area (TPSA) is 76.1 Å². The summed E-state index contributed by atoms with van der Waals surface area (Å²) in [5.41, 5.74) is 5.35. The van der Waals surface area contributed by atoms with Gasteiger partial charge in [-0.3, -0.25) is 9.69 Å². The monoisotopic (exact) mass is 445 g/mol. The van der Waals surface area contributed by atoms with Crippen molar-refractivity contribution in [1.82, 2.24) is 4.90 Å². The van der Waals surface area contributed by atoms with E-state index in [-0.39, 0.29) is 24.7 Å². The summed E-state index contributed by atoms with van der Waals surface area (Å²) in [4.78, 5) is 25.8. The highest BCUT2D eigenvalue weighted by Gasteiger charge is 2.39. The molecule has 33 heavy (non-hydrogen) atoms. The zero-order valence-electron chi connectivity index (χ0n) is 18.9. The Hall–Kier alpha value is -3.80. The number of cyclic esters (lactones) is 1. The third-order valence-corrected chi connectivity index (χ3v) is 6.03. The summed E-state index contributed by atoms with van der Waals surface area (Å²) < 4.78 is 11.3. The molecule has 3 aromatic rings. The van der Waals surface area contributed by atoms with Crippen LogP contribution in [-0.2, 0) is 22.5 Å². The number of ether oxygens (including phenoxy) is 2. The highest BCUT2D eigenvalue weighted by atomic mass is 16.6. The molecule has 0 radical (unpaired) electrons. The van der Waals surface area contributed by atoms with Crippen LogP contribution in [0.25, 0.3) is 11.1 Å². The number of hydrogen-bond acceptors (Lipinski definition) is 4. The Bertz CT molecular complexity index is 1170. The van der Waals surface area contributed by atoms with Gasteiger partial charge in [-0.05, 0) is 48.2 Å². The van der Waals surface area contributed by atoms with E-state index < -0.39 is 5.97 Å². The Labute approximate surface area is 193 Å². The van der Waals surface area contributed by atoms with Crippen molar-refractivity contribution in [3.8, 4) is 16.9 Å². The standard InChI is InChI=1S/C27H27NO5/c1-17-9-11-22(23-14-19(15-25(29)30)10-12-24(23)32-3)21(13-17)16-28-18(2)26(33-27(28)31)20-7-5-4-6-8-20/h4-14,18,26H,15-16H2,1-3H3,(H,29,30)/t18-,26-/m0/s1. The summed E-state index contributed by atoms with van der Waals surface area (Å²) in [6, 6.07) is 21.0. The van der Waals surface area contributed by atoms with Gasteiger partial charge in [0.15, 0.2) is 0 Å². The lowest BCUT2D eigenvalue weighted by molar-refractivity contribution is -0.136. The average molecular weight is 446 g/mol. The summed E-state index contributed by atoms with van der Waals surface area (Å²) in [5.74, 6) is -0.246. The van der Waals surface area contributed by atoms with Crippen molar-refractivity contribution in [2.45, 2.75) is 39.0 Å². The molecule has 1 saturated heterocycles. The van der Waals surface area contributed by atoms with Gasteiger partial charge < -0.3 is 14.6 Å². The van der Waals surface area contributed by atoms with Gasteiger partial charge in [0.1, 0.15) is 11.9 Å². The zero-order valence-corrected chi connectivity index (χ0v) is 18.9. The van der Waals surface area contributed by atoms with E-state index in [1.807, 2.05) is 62.4 Å². The molecule has 6 nitrogen and oxygen atoms in total. The zero-order chi connectivity index (χ0) is 23.5. The first-order valence-electron chi connectivity index (χ1n) is 10.9. The lowest BCUT2D eigenvalue weighted by Crippen LogP contribution is -2.31. The number of rotatable bonds is 7. The van der Waals surface area contributed by atoms with E-state index in [0.29, 0.717) is 17.9 Å². The fraction of sp³-hybridized carbons (Fsp3) is 0.259. The van der Waals surface area contributed by atoms with E-state index >= 15 is 0 Å². The SMILES string of the molecule is COc1ccc(CC(=O)O)cc1-c1ccc(C)cc1CN1C(=O)O[C@H](c2ccccc2)[C@@H]1C. The number of carbonyl (C=O) groups is 2. The van der Waals surface area contributed by atoms with Crippen LogP contribution in [0.15, 0.2) is 66.7 Å². The summed E-state index contributed by atoms with van der Waals surface area (Å²) >= 11 is 0. The Morgan fingerprint density at radius 2 is 1.82 bits per heavy atom. The normalized spacial score (nSPS) is 17.7. The van der Waals surface area contributed by atoms with Crippen LogP contribution < -0.4 is 4.74 Å². The van der Waals surface area contributed by atoms with E-state index in [4.69, 9.17) is 9.47 Å². The molecular weight excluding hydrogens is 418 g/mol. The van der Waals surface area contributed by atoms with Crippen molar-refractivity contribution in [3.63, 3.8) is 0 Å². The molecule has 0 aliphatic carbocycles. The van der Waals surface area contributed by atoms with Gasteiger partial charge >= 0.3 is 12.1 Å². The molecule has 4 rings (SSSR count). The van der Waals surface area contributed by atoms with E-state index in [9.17, 15) is 14.7 Å². The Kier molecular flexibility index (Phi) is 6.36. The number of carboxylic acids is 1. The van der Waals surface area contributed by atoms with Crippen LogP contribution in [-0.4, -0.2) is 35.2 Å². The molecule has 3 aromatic carbocycles. The van der Waals surface area contributed by atoms with Gasteiger partial charge in [-0.2, -0.15) is 0 Å². The minimum Gasteiger partial charge on any atom is -0.496 e. The fourth-order valence-corrected chi connectivity index (χ4v) is 4.35. The quantitative estimate of drug-likeness (QED) is 0.528. The first-order chi connectivity index (χ1) is 15.9. The third kappa shape index (κ3) is 4.70. The van der Waals surface area contributed by atoms with E-state index in [0.717, 1.165) is 27.8 Å². The lowest BCUT2D eigenvalue weighted by atomic mass is 9.94. The maximum absolute atomic E-state index is 12.8. The van der Waals surface area contributed by atoms with Crippen LogP contribution in [0.2, 0.25) is 0 Å². The predicted octanol–water partition coefficient (Wildman–Crippen LogP) is 5.38. The van der Waals surface area contributed by atoms with Crippen LogP contribution in [0, 0.1) is 6.92 Å². The number of carbonyl (C=O) groups excluding carboxylic acids is 1. The van der Waals surface area contributed by atoms with Crippen molar-refractivity contribution >= 4 is 12.1 Å². The molecule has 0 aromatic heterocycles. The average Bonchev–Trinajstić information content (AvgIpc) is 3.08. The second-order valence-corrected chi connectivity index (χ2v) is 8.35. The largest absolute Gasteiger partial charge is 0.496 e. The molecule has 0 bridgehead atoms. The number of carboxylic acid groups (broad SMARTS) is 1. The number of hydrogen-bond donors (Lipinski definition) is 1. The van der Waals surface area contributed by atoms with Gasteiger partial charge in [0.25, 0.3) is 0 Å². The van der Waals surface area contributed by atoms with Crippen LogP contribution in [0.1, 0.15) is 35.3 Å². The maximum Gasteiger partial charge on any atom is 0.411 e. The van der Waals surface area contributed by atoms with Crippen LogP contribution in [0.5, 0.6) is 5.75 Å². The van der Waals surface area contributed by atoms with Gasteiger partial charge in [-0.25, -0.2) is 4.79 Å². The van der Waals surface area contributed by atoms with Gasteiger partial charge in [-0.15, -0.1) is 0 Å². The number of amides is 1. The second kappa shape index (κ2) is 9.36. The maximum atomic E-state index is 12.8. The Balaban J connectivity index is 1.70. The molecule has 1 fully saturated rings. The van der Waals surface area contributed by atoms with Crippen molar-refractivity contribution in [1.29, 1.82) is 0 Å². The highest BCUT2D eigenvalue weighted by molar-refractivity contribution is 5.78. The summed E-state index contributed by atoms with van der Waals surface area (Å²) in [5, 5.41) is 9.22. The molecule has 0 spiro atoms. The second-order valence-electron chi connectivity index (χ2n) is 8.35. The molecule has 170 valence electrons. The smallest absolute Gasteiger partial charge is 0.411 e. The van der Waals surface area contributed by atoms with Crippen LogP contribution in [0.3, 0.4) is 0 Å². The molecule has 1 N–H and O–H groups in total. The van der Waals surface area contributed by atoms with Gasteiger partial charge in [-0.1, -0.05) is 60.2 Å². The molecule has 0 saturated carbocycles. The highest BCUT2D eigenvalue weighted by Crippen LogP contribution is 2.38. The molecule has 1 aliphatic heterocycles. The van der Waals surface area contributed by atoms with Crippen LogP contribution in [0.4, 0.5) is 4.79 Å². The summed E-state index contributed by atoms with van der Waals surface area (Å²) in [6.45, 7) is 4.36. The van der Waals surface area contributed by atoms with E-state index in [1.54, 1.807) is 24.1 Å². The molecular formula is C27H27NO5. The number of methoxy groups -OCH3 is 1. The van der Waals surface area contributed by atoms with Gasteiger partial charge in [0.05, 0.1) is 26.1 Å². The molecule has 2 atom stereocenters. The Morgan fingerprint density at radius 3 is 2.52 bits per heavy atom. The first kappa shape index (κ1) is 22.4. The van der Waals surface area contributed by atoms with Crippen molar-refractivity contribution < 1.29 is 24.2 Å². The molecule has 1 aliphatic rings. The minimum atomic E-state index is -0.893. The number of aliphatic carboxylic acids is 1. The van der Waals surface area contributed by atoms with Crippen LogP contribution >= 0.6 is 0 Å². The minimum absolute atomic E-state index is 0.0770. The first-order valence-corrected chi connectivity index (χ1v) is 10.9. The molecule has 0 unspecified atom stereocenters. The van der Waals surface area contributed by atoms with E-state index in [2.05, 4.69) is 6.07 Å². The van der Waals surface area contributed by atoms with Crippen molar-refractivity contribution in [2.75, 3.05) is 7.11 Å². The lowest BCUT2D eigenvalue weighted by Gasteiger charge is -2.23. The number of benzene rings is 3. The van der Waals surface area contributed by atoms with Crippen molar-refractivity contribution in [3.05, 3.63) is 89.0 Å². The summed E-state index contributed by atoms with van der Waals surface area (Å²) in [7, 11) is 1.59. The Morgan fingerprint density at radius 1 is 1.06 bits per heavy atom.